The molecule has 2 atom stereocenters. The van der Waals surface area contributed by atoms with Crippen LogP contribution in [0, 0.1) is 0 Å². The molecule has 0 unspecified atom stereocenters. The van der Waals surface area contributed by atoms with Gasteiger partial charge in [-0.05, 0) is 48.5 Å². The minimum atomic E-state index is -0.516. The molecule has 0 saturated carbocycles. The van der Waals surface area contributed by atoms with Crippen LogP contribution in [0.5, 0.6) is 23.0 Å². The highest BCUT2D eigenvalue weighted by Gasteiger charge is 2.26. The van der Waals surface area contributed by atoms with Gasteiger partial charge in [-0.25, -0.2) is 0 Å². The summed E-state index contributed by atoms with van der Waals surface area (Å²) in [5.74, 6) is 3.26. The summed E-state index contributed by atoms with van der Waals surface area (Å²) in [6.45, 7) is 13.9. The first-order valence-corrected chi connectivity index (χ1v) is 17.0. The average Bonchev–Trinajstić information content (AvgIpc) is 3.09. The third-order valence-electron chi connectivity index (χ3n) is 9.02. The minimum absolute atomic E-state index is 0.266. The molecule has 10 heteroatoms. The van der Waals surface area contributed by atoms with Gasteiger partial charge in [0.2, 0.25) is 0 Å². The quantitative estimate of drug-likeness (QED) is 0.0885. The van der Waals surface area contributed by atoms with Crippen molar-refractivity contribution in [3.8, 4) is 23.0 Å². The summed E-state index contributed by atoms with van der Waals surface area (Å²) in [6, 6.07) is 27.4. The molecule has 0 radical (unpaired) electrons. The fraction of sp³-hybridized carbons (Fsp3) is 0.500. The fourth-order valence-electron chi connectivity index (χ4n) is 6.28. The topological polar surface area (TPSA) is 95.1 Å². The van der Waals surface area contributed by atoms with E-state index in [9.17, 15) is 10.2 Å². The molecular weight excluding hydrogens is 584 g/mol. The van der Waals surface area contributed by atoms with Gasteiger partial charge in [0, 0.05) is 0 Å². The number of rotatable bonds is 18. The molecular formula is C36H54N4O6+4. The van der Waals surface area contributed by atoms with E-state index < -0.39 is 12.2 Å². The zero-order chi connectivity index (χ0) is 31.8. The Morgan fingerprint density at radius 3 is 1.13 bits per heavy atom. The highest BCUT2D eigenvalue weighted by Crippen LogP contribution is 2.18. The molecule has 46 heavy (non-hydrogen) atoms. The second-order valence-electron chi connectivity index (χ2n) is 12.6. The van der Waals surface area contributed by atoms with E-state index in [1.807, 2.05) is 84.9 Å². The summed E-state index contributed by atoms with van der Waals surface area (Å²) in [5.41, 5.74) is 0. The van der Waals surface area contributed by atoms with Gasteiger partial charge in [-0.3, -0.25) is 0 Å². The first kappa shape index (κ1) is 34.0. The van der Waals surface area contributed by atoms with Gasteiger partial charge in [0.05, 0.1) is 0 Å². The van der Waals surface area contributed by atoms with Gasteiger partial charge in [-0.1, -0.05) is 36.4 Å². The lowest BCUT2D eigenvalue weighted by molar-refractivity contribution is -1.01. The molecule has 6 N–H and O–H groups in total. The van der Waals surface area contributed by atoms with Gasteiger partial charge in [-0.15, -0.1) is 0 Å². The zero-order valence-electron chi connectivity index (χ0n) is 27.1. The van der Waals surface area contributed by atoms with Crippen molar-refractivity contribution < 1.29 is 48.8 Å². The van der Waals surface area contributed by atoms with Crippen LogP contribution >= 0.6 is 0 Å². The monoisotopic (exact) mass is 638 g/mol. The lowest BCUT2D eigenvalue weighted by Gasteiger charge is -2.30. The molecule has 5 rings (SSSR count). The number of hydrogen-bond acceptors (Lipinski definition) is 6. The van der Waals surface area contributed by atoms with Crippen LogP contribution in [0.1, 0.15) is 0 Å². The van der Waals surface area contributed by atoms with Gasteiger partial charge in [0.25, 0.3) is 0 Å². The number of para-hydroxylation sites is 2. The molecule has 2 aliphatic heterocycles. The normalized spacial score (nSPS) is 22.8. The van der Waals surface area contributed by atoms with Crippen molar-refractivity contribution in [2.24, 2.45) is 0 Å². The fourth-order valence-corrected chi connectivity index (χ4v) is 6.28. The lowest BCUT2D eigenvalue weighted by Crippen LogP contribution is -3.28. The van der Waals surface area contributed by atoms with E-state index in [0.717, 1.165) is 90.2 Å². The number of ether oxygens (including phenoxy) is 4. The van der Waals surface area contributed by atoms with E-state index in [2.05, 4.69) is 0 Å². The molecule has 0 spiro atoms. The maximum Gasteiger partial charge on any atom is 0.137 e. The Balaban J connectivity index is 0.886. The van der Waals surface area contributed by atoms with Crippen LogP contribution in [0.25, 0.3) is 0 Å². The van der Waals surface area contributed by atoms with Crippen molar-refractivity contribution in [3.63, 3.8) is 0 Å². The number of benzene rings is 3. The van der Waals surface area contributed by atoms with E-state index in [4.69, 9.17) is 18.9 Å². The third kappa shape index (κ3) is 12.1. The number of nitrogens with one attached hydrogen (secondary N) is 4. The molecule has 0 bridgehead atoms. The number of piperazine rings is 2. The second kappa shape index (κ2) is 18.7. The van der Waals surface area contributed by atoms with Crippen molar-refractivity contribution in [2.75, 3.05) is 105 Å². The van der Waals surface area contributed by atoms with Gasteiger partial charge >= 0.3 is 0 Å². The summed E-state index contributed by atoms with van der Waals surface area (Å²) in [5, 5.41) is 21.2. The van der Waals surface area contributed by atoms with Gasteiger partial charge in [0.15, 0.2) is 0 Å². The zero-order valence-corrected chi connectivity index (χ0v) is 27.1. The summed E-state index contributed by atoms with van der Waals surface area (Å²) in [4.78, 5) is 5.96. The second-order valence-corrected chi connectivity index (χ2v) is 12.6. The standard InChI is InChI=1S/C36H50N4O6/c41-31(27-39-19-15-37(16-20-39)23-25-43-33-7-3-1-4-8-33)29-45-35-11-13-36(14-12-35)46-30-32(42)28-40-21-17-38(18-22-40)24-26-44-34-9-5-2-6-10-34/h1-14,31-32,41-42H,15-30H2/p+4/t31-,32-/m0/s1. The number of aliphatic hydroxyl groups excluding tert-OH is 2. The maximum absolute atomic E-state index is 10.6. The summed E-state index contributed by atoms with van der Waals surface area (Å²) < 4.78 is 23.4. The van der Waals surface area contributed by atoms with Crippen LogP contribution < -0.4 is 38.5 Å². The van der Waals surface area contributed by atoms with E-state index in [0.29, 0.717) is 24.6 Å². The predicted octanol–water partition coefficient (Wildman–Crippen LogP) is -3.11. The van der Waals surface area contributed by atoms with Crippen LogP contribution in [-0.2, 0) is 0 Å². The molecule has 0 aliphatic carbocycles. The molecule has 3 aromatic rings. The van der Waals surface area contributed by atoms with Crippen molar-refractivity contribution >= 4 is 0 Å². The maximum atomic E-state index is 10.6. The summed E-state index contributed by atoms with van der Waals surface area (Å²) in [6.07, 6.45) is -1.03. The number of quaternary nitrogens is 4. The Kier molecular flexibility index (Phi) is 13.8. The van der Waals surface area contributed by atoms with E-state index in [1.54, 1.807) is 9.80 Å². The molecule has 2 saturated heterocycles. The predicted molar refractivity (Wildman–Crippen MR) is 176 cm³/mol. The van der Waals surface area contributed by atoms with Crippen molar-refractivity contribution in [3.05, 3.63) is 84.9 Å². The number of hydrogen-bond donors (Lipinski definition) is 6. The van der Waals surface area contributed by atoms with Crippen LogP contribution in [0.4, 0.5) is 0 Å². The molecule has 2 aliphatic rings. The van der Waals surface area contributed by atoms with E-state index in [-0.39, 0.29) is 13.2 Å². The Hall–Kier alpha value is -3.38. The van der Waals surface area contributed by atoms with Crippen molar-refractivity contribution in [1.82, 2.24) is 0 Å². The van der Waals surface area contributed by atoms with Gasteiger partial charge in [-0.2, -0.15) is 0 Å². The average molecular weight is 639 g/mol. The Labute approximate surface area is 273 Å². The van der Waals surface area contributed by atoms with Crippen molar-refractivity contribution in [1.29, 1.82) is 0 Å². The Morgan fingerprint density at radius 2 is 0.761 bits per heavy atom. The van der Waals surface area contributed by atoms with Crippen LogP contribution in [0.15, 0.2) is 84.9 Å². The molecule has 3 aromatic carbocycles. The molecule has 2 heterocycles. The van der Waals surface area contributed by atoms with Crippen molar-refractivity contribution in [2.45, 2.75) is 12.2 Å². The number of aliphatic hydroxyl groups is 2. The van der Waals surface area contributed by atoms with E-state index >= 15 is 0 Å². The molecule has 2 fully saturated rings. The Morgan fingerprint density at radius 1 is 0.435 bits per heavy atom. The largest absolute Gasteiger partial charge is 0.491 e. The minimum Gasteiger partial charge on any atom is -0.491 e. The van der Waals surface area contributed by atoms with Gasteiger partial charge in [0.1, 0.15) is 140 Å². The summed E-state index contributed by atoms with van der Waals surface area (Å²) >= 11 is 0. The SMILES string of the molecule is O[C@H](COc1ccc(OC[C@@H](O)C[NH+]2CC[NH+](CCOc3ccccc3)CC2)cc1)C[NH+]1CC[NH+](CCOc2ccccc2)CC1. The first-order chi connectivity index (χ1) is 22.6. The van der Waals surface area contributed by atoms with Crippen LogP contribution in [0.3, 0.4) is 0 Å². The third-order valence-corrected chi connectivity index (χ3v) is 9.02. The van der Waals surface area contributed by atoms with Crippen LogP contribution in [0.2, 0.25) is 0 Å². The first-order valence-electron chi connectivity index (χ1n) is 17.0. The molecule has 10 nitrogen and oxygen atoms in total. The molecule has 250 valence electrons. The lowest BCUT2D eigenvalue weighted by atomic mass is 10.2. The molecule has 0 aromatic heterocycles. The highest BCUT2D eigenvalue weighted by molar-refractivity contribution is 5.31. The van der Waals surface area contributed by atoms with Gasteiger partial charge < -0.3 is 48.8 Å². The van der Waals surface area contributed by atoms with E-state index in [1.165, 1.54) is 9.80 Å². The van der Waals surface area contributed by atoms with Crippen LogP contribution in [-0.4, -0.2) is 127 Å². The smallest absolute Gasteiger partial charge is 0.137 e. The summed E-state index contributed by atoms with van der Waals surface area (Å²) in [7, 11) is 0. The highest BCUT2D eigenvalue weighted by atomic mass is 16.5. The molecule has 0 amide bonds. The Bertz CT molecular complexity index is 1130.